The minimum absolute atomic E-state index is 0.0482. The second kappa shape index (κ2) is 10.1. The van der Waals surface area contributed by atoms with E-state index in [-0.39, 0.29) is 6.42 Å². The molecule has 0 fully saturated rings. The van der Waals surface area contributed by atoms with Gasteiger partial charge in [-0.1, -0.05) is 37.1 Å². The van der Waals surface area contributed by atoms with Crippen molar-refractivity contribution in [2.24, 2.45) is 0 Å². The first-order valence-electron chi connectivity index (χ1n) is 9.80. The first-order valence-corrected chi connectivity index (χ1v) is 10.2. The molecular formula is C23H21ClNO6-. The average Bonchev–Trinajstić information content (AvgIpc) is 2.73. The zero-order valence-corrected chi connectivity index (χ0v) is 17.6. The van der Waals surface area contributed by atoms with Gasteiger partial charge in [0.05, 0.1) is 12.0 Å². The van der Waals surface area contributed by atoms with Crippen molar-refractivity contribution in [2.75, 3.05) is 6.61 Å². The summed E-state index contributed by atoms with van der Waals surface area (Å²) in [5, 5.41) is 15.1. The molecule has 3 rings (SSSR count). The van der Waals surface area contributed by atoms with Gasteiger partial charge in [-0.2, -0.15) is 0 Å². The highest BCUT2D eigenvalue weighted by Gasteiger charge is 2.15. The predicted molar refractivity (Wildman–Crippen MR) is 114 cm³/mol. The molecule has 1 amide bonds. The van der Waals surface area contributed by atoms with E-state index in [0.717, 1.165) is 23.8 Å². The van der Waals surface area contributed by atoms with Gasteiger partial charge < -0.3 is 24.4 Å². The molecule has 0 aliphatic heterocycles. The lowest BCUT2D eigenvalue weighted by Crippen LogP contribution is -2.50. The molecule has 1 N–H and O–H groups in total. The van der Waals surface area contributed by atoms with Crippen LogP contribution in [0.25, 0.3) is 11.0 Å². The van der Waals surface area contributed by atoms with E-state index in [2.05, 4.69) is 5.32 Å². The van der Waals surface area contributed by atoms with Crippen LogP contribution in [-0.2, 0) is 22.4 Å². The predicted octanol–water partition coefficient (Wildman–Crippen LogP) is 2.26. The number of hydrogen-bond donors (Lipinski definition) is 1. The van der Waals surface area contributed by atoms with Gasteiger partial charge in [0.25, 0.3) is 5.91 Å². The third-order valence-electron chi connectivity index (χ3n) is 4.66. The number of aryl methyl sites for hydroxylation is 1. The average molecular weight is 443 g/mol. The molecule has 0 radical (unpaired) electrons. The van der Waals surface area contributed by atoms with Crippen molar-refractivity contribution in [3.63, 3.8) is 0 Å². The summed E-state index contributed by atoms with van der Waals surface area (Å²) in [6.45, 7) is 1.61. The molecule has 7 nitrogen and oxygen atoms in total. The Balaban J connectivity index is 1.64. The van der Waals surface area contributed by atoms with Crippen molar-refractivity contribution < 1.29 is 23.8 Å². The lowest BCUT2D eigenvalue weighted by atomic mass is 10.1. The van der Waals surface area contributed by atoms with Crippen molar-refractivity contribution >= 4 is 34.4 Å². The molecule has 0 unspecified atom stereocenters. The van der Waals surface area contributed by atoms with E-state index in [1.807, 2.05) is 6.92 Å². The molecule has 8 heteroatoms. The smallest absolute Gasteiger partial charge is 0.336 e. The number of halogens is 1. The molecule has 0 saturated heterocycles. The Morgan fingerprint density at radius 3 is 2.58 bits per heavy atom. The topological polar surface area (TPSA) is 109 Å². The summed E-state index contributed by atoms with van der Waals surface area (Å²) in [4.78, 5) is 35.4. The fourth-order valence-corrected chi connectivity index (χ4v) is 3.34. The lowest BCUT2D eigenvalue weighted by molar-refractivity contribution is -0.308. The minimum Gasteiger partial charge on any atom is -0.548 e. The van der Waals surface area contributed by atoms with Gasteiger partial charge in [0.1, 0.15) is 11.3 Å². The number of aliphatic carboxylic acids is 1. The van der Waals surface area contributed by atoms with Crippen LogP contribution in [0.3, 0.4) is 0 Å². The number of rotatable bonds is 9. The number of benzene rings is 2. The van der Waals surface area contributed by atoms with Crippen LogP contribution < -0.4 is 20.8 Å². The van der Waals surface area contributed by atoms with Crippen LogP contribution in [0.15, 0.2) is 57.7 Å². The maximum atomic E-state index is 12.2. The van der Waals surface area contributed by atoms with E-state index >= 15 is 0 Å². The van der Waals surface area contributed by atoms with Crippen molar-refractivity contribution in [1.82, 2.24) is 5.32 Å². The fourth-order valence-electron chi connectivity index (χ4n) is 3.21. The number of carboxylic acid groups (broad SMARTS) is 1. The Kier molecular flexibility index (Phi) is 7.31. The number of ether oxygens (including phenoxy) is 1. The van der Waals surface area contributed by atoms with Crippen LogP contribution in [0.5, 0.6) is 5.75 Å². The first kappa shape index (κ1) is 22.4. The number of fused-ring (bicyclic) bond motifs is 1. The number of carbonyl (C=O) groups excluding carboxylic acids is 2. The molecule has 3 aromatic rings. The first-order chi connectivity index (χ1) is 14.9. The maximum Gasteiger partial charge on any atom is 0.336 e. The maximum absolute atomic E-state index is 12.2. The third-order valence-corrected chi connectivity index (χ3v) is 4.92. The van der Waals surface area contributed by atoms with Crippen molar-refractivity contribution in [1.29, 1.82) is 0 Å². The highest BCUT2D eigenvalue weighted by molar-refractivity contribution is 6.30. The zero-order chi connectivity index (χ0) is 22.4. The van der Waals surface area contributed by atoms with Gasteiger partial charge in [-0.3, -0.25) is 4.79 Å². The normalized spacial score (nSPS) is 11.8. The Bertz CT molecular complexity index is 1140. The standard InChI is InChI=1S/C23H22ClNO6/c1-2-3-15-11-22(27)31-20-12-17(8-9-18(15)20)30-13-21(26)25-19(23(28)29)10-14-4-6-16(24)7-5-14/h4-9,11-12,19H,2-3,10,13H2,1H3,(H,25,26)(H,28,29)/p-1/t19-/m1/s1. The summed E-state index contributed by atoms with van der Waals surface area (Å²) < 4.78 is 10.7. The molecule has 0 aliphatic rings. The zero-order valence-electron chi connectivity index (χ0n) is 16.9. The molecule has 0 bridgehead atoms. The number of carboxylic acids is 1. The van der Waals surface area contributed by atoms with Crippen LogP contribution in [-0.4, -0.2) is 24.5 Å². The van der Waals surface area contributed by atoms with Gasteiger partial charge >= 0.3 is 5.63 Å². The summed E-state index contributed by atoms with van der Waals surface area (Å²) in [5.41, 5.74) is 1.48. The molecule has 2 aromatic carbocycles. The van der Waals surface area contributed by atoms with E-state index in [0.29, 0.717) is 21.9 Å². The SMILES string of the molecule is CCCc1cc(=O)oc2cc(OCC(=O)N[C@H](Cc3ccc(Cl)cc3)C(=O)[O-])ccc12. The van der Waals surface area contributed by atoms with Crippen molar-refractivity contribution in [2.45, 2.75) is 32.2 Å². The van der Waals surface area contributed by atoms with E-state index in [4.69, 9.17) is 20.8 Å². The van der Waals surface area contributed by atoms with E-state index in [1.54, 1.807) is 36.4 Å². The van der Waals surface area contributed by atoms with E-state index < -0.39 is 30.2 Å². The summed E-state index contributed by atoms with van der Waals surface area (Å²) >= 11 is 5.82. The third kappa shape index (κ3) is 6.08. The highest BCUT2D eigenvalue weighted by Crippen LogP contribution is 2.23. The Morgan fingerprint density at radius 1 is 1.16 bits per heavy atom. The molecule has 0 saturated carbocycles. The fraction of sp³-hybridized carbons (Fsp3) is 0.261. The highest BCUT2D eigenvalue weighted by atomic mass is 35.5. The number of hydrogen-bond acceptors (Lipinski definition) is 6. The summed E-state index contributed by atoms with van der Waals surface area (Å²) in [5.74, 6) is -1.70. The quantitative estimate of drug-likeness (QED) is 0.509. The minimum atomic E-state index is -1.40. The molecule has 1 heterocycles. The van der Waals surface area contributed by atoms with Crippen LogP contribution in [0.4, 0.5) is 0 Å². The Hall–Kier alpha value is -3.32. The second-order valence-corrected chi connectivity index (χ2v) is 7.49. The summed E-state index contributed by atoms with van der Waals surface area (Å²) in [7, 11) is 0. The second-order valence-electron chi connectivity index (χ2n) is 7.06. The summed E-state index contributed by atoms with van der Waals surface area (Å²) in [6, 6.07) is 11.8. The molecular weight excluding hydrogens is 422 g/mol. The van der Waals surface area contributed by atoms with Gasteiger partial charge in [-0.15, -0.1) is 0 Å². The Labute approximate surface area is 183 Å². The number of nitrogens with one attached hydrogen (secondary N) is 1. The van der Waals surface area contributed by atoms with Crippen LogP contribution in [0, 0.1) is 0 Å². The van der Waals surface area contributed by atoms with Gasteiger partial charge in [0.2, 0.25) is 0 Å². The molecule has 0 aliphatic carbocycles. The van der Waals surface area contributed by atoms with E-state index in [9.17, 15) is 19.5 Å². The van der Waals surface area contributed by atoms with Crippen LogP contribution in [0.2, 0.25) is 5.02 Å². The molecule has 31 heavy (non-hydrogen) atoms. The van der Waals surface area contributed by atoms with Gasteiger partial charge in [-0.25, -0.2) is 4.79 Å². The monoisotopic (exact) mass is 442 g/mol. The van der Waals surface area contributed by atoms with Crippen LogP contribution >= 0.6 is 11.6 Å². The van der Waals surface area contributed by atoms with Crippen molar-refractivity contribution in [3.05, 3.63) is 75.1 Å². The Morgan fingerprint density at radius 2 is 1.90 bits per heavy atom. The number of amides is 1. The molecule has 1 aromatic heterocycles. The van der Waals surface area contributed by atoms with E-state index in [1.165, 1.54) is 12.1 Å². The molecule has 1 atom stereocenters. The molecule has 162 valence electrons. The largest absolute Gasteiger partial charge is 0.548 e. The van der Waals surface area contributed by atoms with Gasteiger partial charge in [0, 0.05) is 22.5 Å². The van der Waals surface area contributed by atoms with Crippen molar-refractivity contribution in [3.8, 4) is 5.75 Å². The molecule has 0 spiro atoms. The van der Waals surface area contributed by atoms with Gasteiger partial charge in [-0.05, 0) is 48.2 Å². The lowest BCUT2D eigenvalue weighted by Gasteiger charge is -2.20. The number of carbonyl (C=O) groups is 2. The summed E-state index contributed by atoms with van der Waals surface area (Å²) in [6.07, 6.45) is 1.67. The van der Waals surface area contributed by atoms with Crippen LogP contribution in [0.1, 0.15) is 24.5 Å². The van der Waals surface area contributed by atoms with Gasteiger partial charge in [0.15, 0.2) is 6.61 Å².